The molecule has 0 aliphatic carbocycles. The van der Waals surface area contributed by atoms with E-state index in [1.54, 1.807) is 6.34 Å². The van der Waals surface area contributed by atoms with Gasteiger partial charge in [-0.3, -0.25) is 9.79 Å². The highest BCUT2D eigenvalue weighted by molar-refractivity contribution is 5.92. The number of rotatable bonds is 4. The van der Waals surface area contributed by atoms with Crippen LogP contribution < -0.4 is 0 Å². The highest BCUT2D eigenvalue weighted by Gasteiger charge is 2.09. The summed E-state index contributed by atoms with van der Waals surface area (Å²) < 4.78 is 0. The molecule has 4 nitrogen and oxygen atoms in total. The molecule has 1 rings (SSSR count). The Morgan fingerprint density at radius 1 is 1.73 bits per heavy atom. The second kappa shape index (κ2) is 3.85. The lowest BCUT2D eigenvalue weighted by molar-refractivity contribution is -0.122. The first-order chi connectivity index (χ1) is 5.33. The first-order valence-corrected chi connectivity index (χ1v) is 3.52. The average Bonchev–Trinajstić information content (AvgIpc) is 2.40. The second-order valence-electron chi connectivity index (χ2n) is 2.40. The van der Waals surface area contributed by atoms with Crippen molar-refractivity contribution in [1.82, 2.24) is 4.90 Å². The highest BCUT2D eigenvalue weighted by atomic mass is 16.1. The van der Waals surface area contributed by atoms with Crippen molar-refractivity contribution < 1.29 is 9.59 Å². The summed E-state index contributed by atoms with van der Waals surface area (Å²) in [6.07, 6.45) is 2.31. The molecule has 60 valence electrons. The van der Waals surface area contributed by atoms with E-state index in [0.717, 1.165) is 13.1 Å². The van der Waals surface area contributed by atoms with Crippen molar-refractivity contribution in [2.24, 2.45) is 4.99 Å². The molecule has 0 spiro atoms. The van der Waals surface area contributed by atoms with Gasteiger partial charge in [0, 0.05) is 6.54 Å². The fraction of sp³-hybridized carbons (Fsp3) is 0.571. The SMILES string of the molecule is O=CCC(=O)CN1C=NCC1. The molecule has 0 saturated heterocycles. The normalized spacial score (nSPS) is 15.5. The predicted molar refractivity (Wildman–Crippen MR) is 40.6 cm³/mol. The summed E-state index contributed by atoms with van der Waals surface area (Å²) in [7, 11) is 0. The Morgan fingerprint density at radius 2 is 2.55 bits per heavy atom. The number of carbonyl (C=O) groups excluding carboxylic acids is 2. The topological polar surface area (TPSA) is 49.7 Å². The van der Waals surface area contributed by atoms with Gasteiger partial charge in [-0.15, -0.1) is 0 Å². The Kier molecular flexibility index (Phi) is 2.77. The molecule has 1 aliphatic heterocycles. The minimum atomic E-state index is -0.0478. The summed E-state index contributed by atoms with van der Waals surface area (Å²) in [5.41, 5.74) is 0. The van der Waals surface area contributed by atoms with Crippen LogP contribution in [0.4, 0.5) is 0 Å². The van der Waals surface area contributed by atoms with E-state index in [-0.39, 0.29) is 12.2 Å². The van der Waals surface area contributed by atoms with Crippen LogP contribution in [0, 0.1) is 0 Å². The molecule has 11 heavy (non-hydrogen) atoms. The quantitative estimate of drug-likeness (QED) is 0.404. The zero-order chi connectivity index (χ0) is 8.10. The molecule has 0 bridgehead atoms. The van der Waals surface area contributed by atoms with Gasteiger partial charge in [0.1, 0.15) is 6.29 Å². The van der Waals surface area contributed by atoms with Gasteiger partial charge in [-0.25, -0.2) is 0 Å². The van der Waals surface area contributed by atoms with Crippen LogP contribution in [0.25, 0.3) is 0 Å². The largest absolute Gasteiger partial charge is 0.354 e. The maximum absolute atomic E-state index is 10.9. The first-order valence-electron chi connectivity index (χ1n) is 3.52. The smallest absolute Gasteiger partial charge is 0.159 e. The van der Waals surface area contributed by atoms with Crippen LogP contribution in [0.1, 0.15) is 6.42 Å². The third-order valence-electron chi connectivity index (χ3n) is 1.45. The zero-order valence-electron chi connectivity index (χ0n) is 6.19. The maximum atomic E-state index is 10.9. The number of carbonyl (C=O) groups is 2. The molecule has 0 amide bonds. The number of hydrogen-bond donors (Lipinski definition) is 0. The molecule has 0 unspecified atom stereocenters. The summed E-state index contributed by atoms with van der Waals surface area (Å²) in [4.78, 5) is 26.5. The van der Waals surface area contributed by atoms with Gasteiger partial charge in [0.2, 0.25) is 0 Å². The van der Waals surface area contributed by atoms with Crippen molar-refractivity contribution in [3.8, 4) is 0 Å². The fourth-order valence-corrected chi connectivity index (χ4v) is 0.921. The van der Waals surface area contributed by atoms with Gasteiger partial charge in [-0.05, 0) is 0 Å². The van der Waals surface area contributed by atoms with Gasteiger partial charge in [0.05, 0.1) is 25.8 Å². The van der Waals surface area contributed by atoms with Crippen molar-refractivity contribution in [3.05, 3.63) is 0 Å². The Balaban J connectivity index is 2.24. The van der Waals surface area contributed by atoms with E-state index in [9.17, 15) is 9.59 Å². The van der Waals surface area contributed by atoms with Gasteiger partial charge in [0.25, 0.3) is 0 Å². The number of nitrogens with zero attached hydrogens (tertiary/aromatic N) is 2. The molecule has 0 aromatic heterocycles. The van der Waals surface area contributed by atoms with Crippen LogP contribution in [0.2, 0.25) is 0 Å². The van der Waals surface area contributed by atoms with Gasteiger partial charge >= 0.3 is 0 Å². The van der Waals surface area contributed by atoms with E-state index in [0.29, 0.717) is 12.8 Å². The van der Waals surface area contributed by atoms with E-state index in [4.69, 9.17) is 0 Å². The van der Waals surface area contributed by atoms with Crippen LogP contribution in [0.5, 0.6) is 0 Å². The molecule has 0 atom stereocenters. The summed E-state index contributed by atoms with van der Waals surface area (Å²) in [6.45, 7) is 1.88. The average molecular weight is 154 g/mol. The lowest BCUT2D eigenvalue weighted by Gasteiger charge is -2.10. The molecule has 4 heteroatoms. The monoisotopic (exact) mass is 154 g/mol. The van der Waals surface area contributed by atoms with Gasteiger partial charge in [-0.2, -0.15) is 0 Å². The molecule has 0 saturated carbocycles. The third kappa shape index (κ3) is 2.49. The van der Waals surface area contributed by atoms with Crippen molar-refractivity contribution >= 4 is 18.4 Å². The third-order valence-corrected chi connectivity index (χ3v) is 1.45. The van der Waals surface area contributed by atoms with E-state index in [1.807, 2.05) is 4.90 Å². The van der Waals surface area contributed by atoms with Crippen molar-refractivity contribution in [3.63, 3.8) is 0 Å². The fourth-order valence-electron chi connectivity index (χ4n) is 0.921. The van der Waals surface area contributed by atoms with Crippen molar-refractivity contribution in [1.29, 1.82) is 0 Å². The highest BCUT2D eigenvalue weighted by Crippen LogP contribution is 1.93. The number of aldehydes is 1. The zero-order valence-corrected chi connectivity index (χ0v) is 6.19. The molecule has 0 radical (unpaired) electrons. The standard InChI is InChI=1S/C7H10N2O2/c10-4-1-7(11)5-9-3-2-8-6-9/h4,6H,1-3,5H2. The maximum Gasteiger partial charge on any atom is 0.159 e. The minimum absolute atomic E-state index is 0.0182. The Labute approximate surface area is 64.9 Å². The minimum Gasteiger partial charge on any atom is -0.354 e. The van der Waals surface area contributed by atoms with Gasteiger partial charge in [0.15, 0.2) is 5.78 Å². The predicted octanol–water partition coefficient (Wildman–Crippen LogP) is -0.512. The Bertz CT molecular complexity index is 189. The van der Waals surface area contributed by atoms with E-state index in [2.05, 4.69) is 4.99 Å². The molecular formula is C7H10N2O2. The summed E-state index contributed by atoms with van der Waals surface area (Å²) in [6, 6.07) is 0. The van der Waals surface area contributed by atoms with E-state index in [1.165, 1.54) is 0 Å². The molecule has 0 aromatic carbocycles. The molecule has 0 aromatic rings. The van der Waals surface area contributed by atoms with Gasteiger partial charge in [-0.1, -0.05) is 0 Å². The van der Waals surface area contributed by atoms with Crippen molar-refractivity contribution in [2.45, 2.75) is 6.42 Å². The lowest BCUT2D eigenvalue weighted by Crippen LogP contribution is -2.27. The second-order valence-corrected chi connectivity index (χ2v) is 2.40. The number of Topliss-reactive ketones (excluding diaryl/α,β-unsaturated/α-hetero) is 1. The Morgan fingerprint density at radius 3 is 3.09 bits per heavy atom. The van der Waals surface area contributed by atoms with E-state index < -0.39 is 0 Å². The first kappa shape index (κ1) is 7.91. The van der Waals surface area contributed by atoms with Crippen LogP contribution >= 0.6 is 0 Å². The van der Waals surface area contributed by atoms with E-state index >= 15 is 0 Å². The molecule has 1 aliphatic rings. The Hall–Kier alpha value is -1.19. The van der Waals surface area contributed by atoms with Crippen LogP contribution in [-0.2, 0) is 9.59 Å². The molecule has 0 N–H and O–H groups in total. The number of ketones is 1. The van der Waals surface area contributed by atoms with Gasteiger partial charge < -0.3 is 9.69 Å². The number of hydrogen-bond acceptors (Lipinski definition) is 4. The molecule has 0 fully saturated rings. The summed E-state index contributed by atoms with van der Waals surface area (Å²) in [5, 5.41) is 0. The summed E-state index contributed by atoms with van der Waals surface area (Å²) >= 11 is 0. The van der Waals surface area contributed by atoms with Crippen LogP contribution in [-0.4, -0.2) is 42.9 Å². The van der Waals surface area contributed by atoms with Crippen molar-refractivity contribution in [2.75, 3.05) is 19.6 Å². The number of aliphatic imine (C=N–C) groups is 1. The lowest BCUT2D eigenvalue weighted by atomic mass is 10.3. The van der Waals surface area contributed by atoms with Crippen LogP contribution in [0.3, 0.4) is 0 Å². The van der Waals surface area contributed by atoms with Crippen LogP contribution in [0.15, 0.2) is 4.99 Å². The molecular weight excluding hydrogens is 144 g/mol. The summed E-state index contributed by atoms with van der Waals surface area (Å²) in [5.74, 6) is -0.0478. The molecule has 1 heterocycles.